The summed E-state index contributed by atoms with van der Waals surface area (Å²) in [6.07, 6.45) is 1.59. The van der Waals surface area contributed by atoms with E-state index in [9.17, 15) is 4.79 Å². The quantitative estimate of drug-likeness (QED) is 0.831. The van der Waals surface area contributed by atoms with Gasteiger partial charge in [0.25, 0.3) is 5.95 Å². The Hall–Kier alpha value is -1.59. The largest absolute Gasteiger partial charge is 0.356 e. The first-order chi connectivity index (χ1) is 8.24. The maximum Gasteiger partial charge on any atom is 0.266 e. The monoisotopic (exact) mass is 238 g/mol. The van der Waals surface area contributed by atoms with Crippen molar-refractivity contribution in [3.8, 4) is 0 Å². The lowest BCUT2D eigenvalue weighted by molar-refractivity contribution is -0.124. The van der Waals surface area contributed by atoms with Crippen molar-refractivity contribution in [3.05, 3.63) is 5.89 Å². The van der Waals surface area contributed by atoms with Crippen LogP contribution >= 0.6 is 0 Å². The average molecular weight is 238 g/mol. The molecule has 1 fully saturated rings. The Bertz CT molecular complexity index is 391. The molecule has 1 atom stereocenters. The van der Waals surface area contributed by atoms with Gasteiger partial charge in [0.1, 0.15) is 0 Å². The summed E-state index contributed by atoms with van der Waals surface area (Å²) in [7, 11) is 0. The van der Waals surface area contributed by atoms with Gasteiger partial charge in [0.2, 0.25) is 11.8 Å². The fourth-order valence-corrected chi connectivity index (χ4v) is 1.99. The number of aromatic nitrogens is 2. The lowest BCUT2D eigenvalue weighted by Gasteiger charge is -2.12. The Kier molecular flexibility index (Phi) is 3.61. The molecule has 0 aliphatic carbocycles. The normalized spacial score (nSPS) is 19.6. The van der Waals surface area contributed by atoms with Crippen molar-refractivity contribution in [1.29, 1.82) is 0 Å². The number of hydrogen-bond acceptors (Lipinski definition) is 5. The molecule has 17 heavy (non-hydrogen) atoms. The Balaban J connectivity index is 1.95. The van der Waals surface area contributed by atoms with Crippen molar-refractivity contribution in [2.24, 2.45) is 5.92 Å². The smallest absolute Gasteiger partial charge is 0.266 e. The number of nitrogens with one attached hydrogen (secondary N) is 1. The van der Waals surface area contributed by atoms with Crippen molar-refractivity contribution in [1.82, 2.24) is 15.5 Å². The fourth-order valence-electron chi connectivity index (χ4n) is 1.99. The third-order valence-electron chi connectivity index (χ3n) is 2.95. The van der Waals surface area contributed by atoms with Crippen LogP contribution in [0.15, 0.2) is 4.52 Å². The molecule has 6 nitrogen and oxygen atoms in total. The zero-order valence-corrected chi connectivity index (χ0v) is 10.3. The zero-order chi connectivity index (χ0) is 12.3. The molecule has 0 saturated carbocycles. The molecule has 1 saturated heterocycles. The van der Waals surface area contributed by atoms with Crippen LogP contribution < -0.4 is 10.2 Å². The van der Waals surface area contributed by atoms with E-state index >= 15 is 0 Å². The van der Waals surface area contributed by atoms with Gasteiger partial charge in [0, 0.05) is 26.1 Å². The number of amides is 1. The zero-order valence-electron chi connectivity index (χ0n) is 10.3. The number of carbonyl (C=O) groups excluding carboxylic acids is 1. The SMILES string of the molecule is CCNC(=O)[C@H]1CCN(c2noc(CC)n2)C1. The van der Waals surface area contributed by atoms with E-state index < -0.39 is 0 Å². The number of hydrogen-bond donors (Lipinski definition) is 1. The Morgan fingerprint density at radius 2 is 2.41 bits per heavy atom. The first-order valence-electron chi connectivity index (χ1n) is 6.09. The molecule has 1 aliphatic rings. The van der Waals surface area contributed by atoms with Crippen LogP contribution in [0.4, 0.5) is 5.95 Å². The van der Waals surface area contributed by atoms with Crippen molar-refractivity contribution in [2.45, 2.75) is 26.7 Å². The lowest BCUT2D eigenvalue weighted by atomic mass is 10.1. The maximum absolute atomic E-state index is 11.7. The number of carbonyl (C=O) groups is 1. The van der Waals surface area contributed by atoms with Crippen molar-refractivity contribution < 1.29 is 9.32 Å². The number of anilines is 1. The molecule has 1 aromatic heterocycles. The summed E-state index contributed by atoms with van der Waals surface area (Å²) >= 11 is 0. The molecule has 6 heteroatoms. The fraction of sp³-hybridized carbons (Fsp3) is 0.727. The number of aryl methyl sites for hydroxylation is 1. The van der Waals surface area contributed by atoms with E-state index in [2.05, 4.69) is 15.5 Å². The van der Waals surface area contributed by atoms with E-state index in [1.54, 1.807) is 0 Å². The molecular weight excluding hydrogens is 220 g/mol. The van der Waals surface area contributed by atoms with Crippen molar-refractivity contribution in [3.63, 3.8) is 0 Å². The van der Waals surface area contributed by atoms with Crippen LogP contribution in [-0.2, 0) is 11.2 Å². The summed E-state index contributed by atoms with van der Waals surface area (Å²) in [6.45, 7) is 6.06. The van der Waals surface area contributed by atoms with Crippen molar-refractivity contribution in [2.75, 3.05) is 24.5 Å². The maximum atomic E-state index is 11.7. The highest BCUT2D eigenvalue weighted by molar-refractivity contribution is 5.79. The predicted octanol–water partition coefficient (Wildman–Crippen LogP) is 0.594. The van der Waals surface area contributed by atoms with Gasteiger partial charge >= 0.3 is 0 Å². The molecule has 2 heterocycles. The number of rotatable bonds is 4. The van der Waals surface area contributed by atoms with E-state index in [-0.39, 0.29) is 11.8 Å². The van der Waals surface area contributed by atoms with Crippen molar-refractivity contribution >= 4 is 11.9 Å². The minimum atomic E-state index is 0.0403. The Morgan fingerprint density at radius 1 is 1.59 bits per heavy atom. The van der Waals surface area contributed by atoms with E-state index in [1.165, 1.54) is 0 Å². The summed E-state index contributed by atoms with van der Waals surface area (Å²) in [5.41, 5.74) is 0. The standard InChI is InChI=1S/C11H18N4O2/c1-3-9-13-11(14-17-9)15-6-5-8(7-15)10(16)12-4-2/h8H,3-7H2,1-2H3,(H,12,16)/t8-/m0/s1. The Labute approximate surface area is 100 Å². The third kappa shape index (κ3) is 2.57. The molecule has 2 rings (SSSR count). The highest BCUT2D eigenvalue weighted by atomic mass is 16.5. The van der Waals surface area contributed by atoms with Crippen LogP contribution in [0.25, 0.3) is 0 Å². The summed E-state index contributed by atoms with van der Waals surface area (Å²) in [5.74, 6) is 1.41. The van der Waals surface area contributed by atoms with Crippen LogP contribution in [0.5, 0.6) is 0 Å². The molecule has 1 aliphatic heterocycles. The molecule has 0 bridgehead atoms. The molecule has 94 valence electrons. The van der Waals surface area contributed by atoms with E-state index in [4.69, 9.17) is 4.52 Å². The highest BCUT2D eigenvalue weighted by Crippen LogP contribution is 2.21. The minimum absolute atomic E-state index is 0.0403. The molecule has 1 N–H and O–H groups in total. The molecular formula is C11H18N4O2. The van der Waals surface area contributed by atoms with Crippen LogP contribution in [0.1, 0.15) is 26.2 Å². The van der Waals surface area contributed by atoms with E-state index in [0.29, 0.717) is 24.9 Å². The first-order valence-corrected chi connectivity index (χ1v) is 6.09. The lowest BCUT2D eigenvalue weighted by Crippen LogP contribution is -2.32. The van der Waals surface area contributed by atoms with Gasteiger partial charge in [0.15, 0.2) is 0 Å². The molecule has 0 aromatic carbocycles. The third-order valence-corrected chi connectivity index (χ3v) is 2.95. The summed E-state index contributed by atoms with van der Waals surface area (Å²) < 4.78 is 5.07. The Morgan fingerprint density at radius 3 is 3.06 bits per heavy atom. The second-order valence-electron chi connectivity index (χ2n) is 4.17. The summed E-state index contributed by atoms with van der Waals surface area (Å²) in [6, 6.07) is 0. The summed E-state index contributed by atoms with van der Waals surface area (Å²) in [4.78, 5) is 18.0. The van der Waals surface area contributed by atoms with E-state index in [0.717, 1.165) is 19.4 Å². The van der Waals surface area contributed by atoms with E-state index in [1.807, 2.05) is 18.7 Å². The van der Waals surface area contributed by atoms with Gasteiger partial charge in [-0.05, 0) is 18.5 Å². The molecule has 1 aromatic rings. The van der Waals surface area contributed by atoms with Gasteiger partial charge in [-0.25, -0.2) is 0 Å². The topological polar surface area (TPSA) is 71.3 Å². The molecule has 0 unspecified atom stereocenters. The number of nitrogens with zero attached hydrogens (tertiary/aromatic N) is 3. The van der Waals surface area contributed by atoms with Gasteiger partial charge in [-0.2, -0.15) is 4.98 Å². The van der Waals surface area contributed by atoms with Crippen LogP contribution in [0.3, 0.4) is 0 Å². The van der Waals surface area contributed by atoms with Gasteiger partial charge in [0.05, 0.1) is 5.92 Å². The summed E-state index contributed by atoms with van der Waals surface area (Å²) in [5, 5.41) is 6.76. The van der Waals surface area contributed by atoms with Gasteiger partial charge in [-0.1, -0.05) is 6.92 Å². The predicted molar refractivity (Wildman–Crippen MR) is 62.7 cm³/mol. The molecule has 0 spiro atoms. The highest BCUT2D eigenvalue weighted by Gasteiger charge is 2.30. The van der Waals surface area contributed by atoms with Gasteiger partial charge in [-0.15, -0.1) is 0 Å². The second-order valence-corrected chi connectivity index (χ2v) is 4.17. The average Bonchev–Trinajstić information content (AvgIpc) is 2.98. The van der Waals surface area contributed by atoms with Crippen LogP contribution in [0.2, 0.25) is 0 Å². The van der Waals surface area contributed by atoms with Crippen LogP contribution in [-0.4, -0.2) is 35.7 Å². The van der Waals surface area contributed by atoms with Crippen LogP contribution in [0, 0.1) is 5.92 Å². The minimum Gasteiger partial charge on any atom is -0.356 e. The van der Waals surface area contributed by atoms with Gasteiger partial charge < -0.3 is 14.7 Å². The first kappa shape index (κ1) is 11.9. The molecule has 1 amide bonds. The van der Waals surface area contributed by atoms with Gasteiger partial charge in [-0.3, -0.25) is 4.79 Å². The second kappa shape index (κ2) is 5.16. The molecule has 0 radical (unpaired) electrons.